The molecule has 8 heteroatoms. The minimum atomic E-state index is -0.442. The summed E-state index contributed by atoms with van der Waals surface area (Å²) in [6, 6.07) is 24.5. The molecule has 0 unspecified atom stereocenters. The quantitative estimate of drug-likeness (QED) is 0.363. The van der Waals surface area contributed by atoms with Crippen LogP contribution in [0.25, 0.3) is 11.0 Å². The lowest BCUT2D eigenvalue weighted by molar-refractivity contribution is 0.306. The van der Waals surface area contributed by atoms with E-state index < -0.39 is 5.56 Å². The van der Waals surface area contributed by atoms with Crippen LogP contribution in [-0.2, 0) is 13.0 Å². The van der Waals surface area contributed by atoms with Gasteiger partial charge in [-0.25, -0.2) is 0 Å². The lowest BCUT2D eigenvalue weighted by Gasteiger charge is -2.06. The Kier molecular flexibility index (Phi) is 6.20. The van der Waals surface area contributed by atoms with Crippen molar-refractivity contribution in [1.29, 1.82) is 0 Å². The number of nitrogens with zero attached hydrogens (tertiary/aromatic N) is 3. The lowest BCUT2D eigenvalue weighted by Crippen LogP contribution is -2.28. The summed E-state index contributed by atoms with van der Waals surface area (Å²) in [5.74, 6) is 0.736. The van der Waals surface area contributed by atoms with Crippen LogP contribution in [0.5, 0.6) is 5.75 Å². The van der Waals surface area contributed by atoms with Gasteiger partial charge in [0.15, 0.2) is 0 Å². The summed E-state index contributed by atoms with van der Waals surface area (Å²) in [6.45, 7) is 0.481. The summed E-state index contributed by atoms with van der Waals surface area (Å²) in [6.07, 6.45) is 2.03. The lowest BCUT2D eigenvalue weighted by atomic mass is 10.1. The first-order valence-corrected chi connectivity index (χ1v) is 11.7. The topological polar surface area (TPSA) is 73.6 Å². The van der Waals surface area contributed by atoms with E-state index in [-0.39, 0.29) is 22.6 Å². The molecule has 0 saturated carbocycles. The molecule has 5 rings (SSSR count). The minimum Gasteiger partial charge on any atom is -0.489 e. The molecule has 0 N–H and O–H groups in total. The normalized spacial score (nSPS) is 11.7. The molecule has 0 aliphatic carbocycles. The van der Waals surface area contributed by atoms with Crippen LogP contribution in [0.2, 0.25) is 5.02 Å². The molecule has 0 fully saturated rings. The van der Waals surface area contributed by atoms with Crippen LogP contribution in [0.1, 0.15) is 22.4 Å². The van der Waals surface area contributed by atoms with Gasteiger partial charge in [0.25, 0.3) is 11.1 Å². The highest BCUT2D eigenvalue weighted by Crippen LogP contribution is 2.15. The summed E-state index contributed by atoms with van der Waals surface area (Å²) in [5, 5.41) is 4.90. The Bertz CT molecular complexity index is 1610. The summed E-state index contributed by atoms with van der Waals surface area (Å²) in [7, 11) is 0. The van der Waals surface area contributed by atoms with E-state index >= 15 is 0 Å². The number of rotatable bonds is 6. The van der Waals surface area contributed by atoms with Gasteiger partial charge in [0.05, 0.1) is 4.53 Å². The molecule has 168 valence electrons. The molecule has 2 heterocycles. The maximum absolute atomic E-state index is 12.9. The van der Waals surface area contributed by atoms with E-state index in [1.807, 2.05) is 66.7 Å². The number of aromatic nitrogens is 3. The Hall–Kier alpha value is -3.81. The largest absolute Gasteiger partial charge is 0.489 e. The summed E-state index contributed by atoms with van der Waals surface area (Å²) >= 11 is 7.05. The van der Waals surface area contributed by atoms with Gasteiger partial charge in [-0.05, 0) is 47.0 Å². The van der Waals surface area contributed by atoms with Crippen molar-refractivity contribution in [3.05, 3.63) is 132 Å². The summed E-state index contributed by atoms with van der Waals surface area (Å²) in [5.41, 5.74) is 2.24. The highest BCUT2D eigenvalue weighted by molar-refractivity contribution is 7.15. The van der Waals surface area contributed by atoms with Crippen LogP contribution >= 0.6 is 22.9 Å². The van der Waals surface area contributed by atoms with Crippen molar-refractivity contribution >= 4 is 34.0 Å². The molecule has 0 aliphatic rings. The van der Waals surface area contributed by atoms with Gasteiger partial charge >= 0.3 is 0 Å². The average Bonchev–Trinajstić information content (AvgIpc) is 3.15. The molecule has 6 nitrogen and oxygen atoms in total. The maximum Gasteiger partial charge on any atom is 0.296 e. The zero-order valence-corrected chi connectivity index (χ0v) is 19.4. The van der Waals surface area contributed by atoms with E-state index in [9.17, 15) is 9.59 Å². The highest BCUT2D eigenvalue weighted by atomic mass is 35.5. The smallest absolute Gasteiger partial charge is 0.296 e. The van der Waals surface area contributed by atoms with E-state index in [1.165, 1.54) is 4.52 Å². The molecule has 0 saturated heterocycles. The number of halogens is 1. The van der Waals surface area contributed by atoms with Gasteiger partial charge in [0.1, 0.15) is 18.1 Å². The predicted molar refractivity (Wildman–Crippen MR) is 134 cm³/mol. The molecule has 5 aromatic rings. The van der Waals surface area contributed by atoms with Crippen molar-refractivity contribution in [1.82, 2.24) is 14.6 Å². The Morgan fingerprint density at radius 3 is 2.38 bits per heavy atom. The minimum absolute atomic E-state index is 0.209. The van der Waals surface area contributed by atoms with E-state index in [1.54, 1.807) is 18.2 Å². The second-order valence-electron chi connectivity index (χ2n) is 7.62. The molecule has 0 atom stereocenters. The Morgan fingerprint density at radius 2 is 1.65 bits per heavy atom. The number of fused-ring (bicyclic) bond motifs is 1. The van der Waals surface area contributed by atoms with Crippen LogP contribution in [0.3, 0.4) is 0 Å². The van der Waals surface area contributed by atoms with E-state index in [0.717, 1.165) is 33.8 Å². The average molecular weight is 488 g/mol. The van der Waals surface area contributed by atoms with Crippen LogP contribution in [0, 0.1) is 0 Å². The van der Waals surface area contributed by atoms with Crippen molar-refractivity contribution in [3.8, 4) is 5.75 Å². The first-order chi connectivity index (χ1) is 16.5. The first-order valence-electron chi connectivity index (χ1n) is 10.5. The van der Waals surface area contributed by atoms with Crippen molar-refractivity contribution < 1.29 is 4.74 Å². The maximum atomic E-state index is 12.9. The molecule has 34 heavy (non-hydrogen) atoms. The highest BCUT2D eigenvalue weighted by Gasteiger charge is 2.12. The number of benzene rings is 3. The number of thiazole rings is 1. The standard InChI is InChI=1S/C26H18ClN3O3S/c27-20-10-6-17(7-11-20)14-22-24(31)28-26-30(29-22)25(32)23(34-26)15-18-8-12-21(13-9-18)33-16-19-4-2-1-3-5-19/h1-13,15H,14,16H2. The molecule has 0 amide bonds. The summed E-state index contributed by atoms with van der Waals surface area (Å²) < 4.78 is 7.45. The zero-order chi connectivity index (χ0) is 23.5. The SMILES string of the molecule is O=c1nc2sc(=Cc3ccc(OCc4ccccc4)cc3)c(=O)n2nc1Cc1ccc(Cl)cc1. The first kappa shape index (κ1) is 22.0. The Balaban J connectivity index is 1.39. The fourth-order valence-electron chi connectivity index (χ4n) is 3.40. The van der Waals surface area contributed by atoms with Gasteiger partial charge in [-0.1, -0.05) is 77.5 Å². The van der Waals surface area contributed by atoms with Gasteiger partial charge in [0.2, 0.25) is 4.96 Å². The van der Waals surface area contributed by atoms with Crippen LogP contribution in [-0.4, -0.2) is 14.6 Å². The number of hydrogen-bond acceptors (Lipinski definition) is 6. The third-order valence-electron chi connectivity index (χ3n) is 5.16. The van der Waals surface area contributed by atoms with E-state index in [2.05, 4.69) is 10.1 Å². The van der Waals surface area contributed by atoms with Gasteiger partial charge in [-0.3, -0.25) is 9.59 Å². The zero-order valence-electron chi connectivity index (χ0n) is 17.8. The van der Waals surface area contributed by atoms with Gasteiger partial charge < -0.3 is 4.74 Å². The fraction of sp³-hybridized carbons (Fsp3) is 0.0769. The molecule has 3 aromatic carbocycles. The third-order valence-corrected chi connectivity index (χ3v) is 6.37. The van der Waals surface area contributed by atoms with Crippen molar-refractivity contribution in [2.45, 2.75) is 13.0 Å². The van der Waals surface area contributed by atoms with Crippen LogP contribution in [0.15, 0.2) is 88.5 Å². The fourth-order valence-corrected chi connectivity index (χ4v) is 4.43. The second kappa shape index (κ2) is 9.59. The second-order valence-corrected chi connectivity index (χ2v) is 9.07. The molecule has 2 aromatic heterocycles. The Morgan fingerprint density at radius 1 is 0.912 bits per heavy atom. The predicted octanol–water partition coefficient (Wildman–Crippen LogP) is 3.88. The molecule has 0 aliphatic heterocycles. The van der Waals surface area contributed by atoms with E-state index in [0.29, 0.717) is 16.2 Å². The number of hydrogen-bond donors (Lipinski definition) is 0. The molecule has 0 radical (unpaired) electrons. The molecular formula is C26H18ClN3O3S. The van der Waals surface area contributed by atoms with E-state index in [4.69, 9.17) is 16.3 Å². The van der Waals surface area contributed by atoms with Gasteiger partial charge in [-0.2, -0.15) is 14.6 Å². The van der Waals surface area contributed by atoms with Gasteiger partial charge in [-0.15, -0.1) is 0 Å². The summed E-state index contributed by atoms with van der Waals surface area (Å²) in [4.78, 5) is 29.7. The molecular weight excluding hydrogens is 470 g/mol. The molecule has 0 spiro atoms. The molecule has 0 bridgehead atoms. The van der Waals surface area contributed by atoms with Crippen LogP contribution in [0.4, 0.5) is 0 Å². The van der Waals surface area contributed by atoms with Crippen LogP contribution < -0.4 is 20.4 Å². The third kappa shape index (κ3) is 4.90. The monoisotopic (exact) mass is 487 g/mol. The van der Waals surface area contributed by atoms with Crippen molar-refractivity contribution in [3.63, 3.8) is 0 Å². The van der Waals surface area contributed by atoms with Crippen molar-refractivity contribution in [2.75, 3.05) is 0 Å². The number of ether oxygens (including phenoxy) is 1. The van der Waals surface area contributed by atoms with Crippen molar-refractivity contribution in [2.24, 2.45) is 0 Å². The van der Waals surface area contributed by atoms with Gasteiger partial charge in [0, 0.05) is 11.4 Å². The Labute approximate surface area is 203 Å².